The van der Waals surface area contributed by atoms with Gasteiger partial charge < -0.3 is 47.7 Å². The molecular formula is C38H47NO18. The summed E-state index contributed by atoms with van der Waals surface area (Å²) in [5, 5.41) is 13.4. The maximum atomic E-state index is 14.4. The number of carbonyl (C=O) groups is 8. The van der Waals surface area contributed by atoms with E-state index in [-0.39, 0.29) is 5.56 Å². The fourth-order valence-electron chi connectivity index (χ4n) is 9.30. The lowest BCUT2D eigenvalue weighted by Crippen LogP contribution is -2.89. The first-order valence-corrected chi connectivity index (χ1v) is 18.2. The molecule has 0 aromatic carbocycles. The van der Waals surface area contributed by atoms with Gasteiger partial charge in [0.05, 0.1) is 17.4 Å². The van der Waals surface area contributed by atoms with Gasteiger partial charge in [-0.2, -0.15) is 0 Å². The largest absolute Gasteiger partial charge is 0.465 e. The third kappa shape index (κ3) is 6.97. The highest BCUT2D eigenvalue weighted by Gasteiger charge is 2.92. The van der Waals surface area contributed by atoms with Gasteiger partial charge in [0.15, 0.2) is 30.0 Å². The zero-order chi connectivity index (χ0) is 42.6. The summed E-state index contributed by atoms with van der Waals surface area (Å²) >= 11 is 0. The summed E-state index contributed by atoms with van der Waals surface area (Å²) in [5.41, 5.74) is -9.91. The monoisotopic (exact) mass is 805 g/mol. The van der Waals surface area contributed by atoms with Crippen molar-refractivity contribution in [2.24, 2.45) is 17.3 Å². The third-order valence-corrected chi connectivity index (χ3v) is 11.5. The first-order chi connectivity index (χ1) is 26.5. The van der Waals surface area contributed by atoms with E-state index >= 15 is 0 Å². The molecule has 19 nitrogen and oxygen atoms in total. The van der Waals surface area contributed by atoms with E-state index < -0.39 is 138 Å². The average Bonchev–Trinajstić information content (AvgIpc) is 3.32. The van der Waals surface area contributed by atoms with Crippen LogP contribution in [-0.2, 0) is 76.2 Å². The van der Waals surface area contributed by atoms with Crippen LogP contribution < -0.4 is 0 Å². The SMILES string of the molecule is CC(=O)OC[C@]12[C@H](OC(C)=O)[C@H](OC(C)=O)[C@@H]3[C@@H](OC(C)=O)[C@@]14O[C@@]3(C)COC(=O)c1cnccc1C(C)C(C)C(=O)O[C@@H]([C@H](OC(C)=O)[C@@H]2OC(C)=O)[C@]4(C)O. The van der Waals surface area contributed by atoms with Gasteiger partial charge in [0.1, 0.15) is 42.0 Å². The Kier molecular flexibility index (Phi) is 11.5. The van der Waals surface area contributed by atoms with Crippen molar-refractivity contribution in [1.82, 2.24) is 4.98 Å². The van der Waals surface area contributed by atoms with E-state index in [0.717, 1.165) is 48.5 Å². The predicted molar refractivity (Wildman–Crippen MR) is 185 cm³/mol. The molecule has 1 aromatic rings. The van der Waals surface area contributed by atoms with Gasteiger partial charge in [-0.15, -0.1) is 0 Å². The summed E-state index contributed by atoms with van der Waals surface area (Å²) in [6.07, 6.45) is -9.28. The molecule has 4 aliphatic rings. The second kappa shape index (κ2) is 15.3. The van der Waals surface area contributed by atoms with Crippen molar-refractivity contribution in [3.8, 4) is 0 Å². The molecule has 13 atom stereocenters. The lowest BCUT2D eigenvalue weighted by atomic mass is 9.45. The Labute approximate surface area is 327 Å². The summed E-state index contributed by atoms with van der Waals surface area (Å²) in [6, 6.07) is 1.50. The molecule has 3 fully saturated rings. The maximum Gasteiger partial charge on any atom is 0.340 e. The van der Waals surface area contributed by atoms with Crippen LogP contribution in [0.1, 0.15) is 91.1 Å². The number of rotatable bonds is 7. The van der Waals surface area contributed by atoms with E-state index in [1.165, 1.54) is 32.3 Å². The van der Waals surface area contributed by atoms with E-state index in [1.54, 1.807) is 6.92 Å². The molecule has 57 heavy (non-hydrogen) atoms. The molecule has 2 aliphatic carbocycles. The first-order valence-electron chi connectivity index (χ1n) is 18.2. The highest BCUT2D eigenvalue weighted by molar-refractivity contribution is 5.91. The molecule has 1 saturated heterocycles. The van der Waals surface area contributed by atoms with Crippen LogP contribution in [0, 0.1) is 17.3 Å². The van der Waals surface area contributed by atoms with Gasteiger partial charge in [0.25, 0.3) is 0 Å². The van der Waals surface area contributed by atoms with Crippen molar-refractivity contribution < 1.29 is 86.1 Å². The third-order valence-electron chi connectivity index (χ3n) is 11.5. The van der Waals surface area contributed by atoms with E-state index in [2.05, 4.69) is 4.98 Å². The number of fused-ring (bicyclic) bond motifs is 5. The maximum absolute atomic E-state index is 14.4. The van der Waals surface area contributed by atoms with Crippen molar-refractivity contribution in [2.75, 3.05) is 13.2 Å². The molecule has 1 N–H and O–H groups in total. The Hall–Kier alpha value is -5.17. The summed E-state index contributed by atoms with van der Waals surface area (Å²) in [4.78, 5) is 111. The number of nitrogens with zero attached hydrogens (tertiary/aromatic N) is 1. The highest BCUT2D eigenvalue weighted by Crippen LogP contribution is 2.70. The van der Waals surface area contributed by atoms with Gasteiger partial charge >= 0.3 is 47.8 Å². The Morgan fingerprint density at radius 1 is 0.772 bits per heavy atom. The topological polar surface area (TPSA) is 253 Å². The Morgan fingerprint density at radius 3 is 1.84 bits per heavy atom. The molecule has 5 rings (SSSR count). The number of aliphatic hydroxyl groups is 1. The van der Waals surface area contributed by atoms with Gasteiger partial charge in [-0.3, -0.25) is 38.5 Å². The van der Waals surface area contributed by atoms with Crippen molar-refractivity contribution in [1.29, 1.82) is 0 Å². The average molecular weight is 806 g/mol. The number of cyclic esters (lactones) is 1. The van der Waals surface area contributed by atoms with Crippen LogP contribution in [0.15, 0.2) is 18.5 Å². The van der Waals surface area contributed by atoms with Gasteiger partial charge in [-0.05, 0) is 31.4 Å². The summed E-state index contributed by atoms with van der Waals surface area (Å²) in [7, 11) is 0. The second-order valence-electron chi connectivity index (χ2n) is 15.4. The minimum absolute atomic E-state index is 0.0422. The Bertz CT molecular complexity index is 1860. The van der Waals surface area contributed by atoms with Crippen LogP contribution in [0.2, 0.25) is 0 Å². The highest BCUT2D eigenvalue weighted by atomic mass is 16.7. The van der Waals surface area contributed by atoms with Gasteiger partial charge in [-0.25, -0.2) is 4.79 Å². The molecule has 0 amide bonds. The van der Waals surface area contributed by atoms with Crippen molar-refractivity contribution in [3.63, 3.8) is 0 Å². The molecule has 19 heteroatoms. The normalized spacial score (nSPS) is 38.2. The van der Waals surface area contributed by atoms with E-state index in [4.69, 9.17) is 42.6 Å². The quantitative estimate of drug-likeness (QED) is 0.298. The van der Waals surface area contributed by atoms with Gasteiger partial charge in [0, 0.05) is 53.9 Å². The lowest BCUT2D eigenvalue weighted by Gasteiger charge is -2.67. The summed E-state index contributed by atoms with van der Waals surface area (Å²) < 4.78 is 54.3. The number of ether oxygens (including phenoxy) is 9. The summed E-state index contributed by atoms with van der Waals surface area (Å²) in [6.45, 7) is 9.73. The number of aromatic nitrogens is 1. The van der Waals surface area contributed by atoms with E-state index in [9.17, 15) is 43.5 Å². The molecule has 2 saturated carbocycles. The lowest BCUT2D eigenvalue weighted by molar-refractivity contribution is -0.387. The van der Waals surface area contributed by atoms with Crippen molar-refractivity contribution in [3.05, 3.63) is 29.6 Å². The van der Waals surface area contributed by atoms with Gasteiger partial charge in [0.2, 0.25) is 0 Å². The summed E-state index contributed by atoms with van der Waals surface area (Å²) in [5.74, 6) is -11.5. The molecule has 3 heterocycles. The zero-order valence-corrected chi connectivity index (χ0v) is 33.2. The first kappa shape index (κ1) is 43.0. The molecular weight excluding hydrogens is 758 g/mol. The fraction of sp³-hybridized carbons (Fsp3) is 0.658. The molecule has 312 valence electrons. The molecule has 1 spiro atoms. The number of hydrogen-bond acceptors (Lipinski definition) is 19. The number of hydrogen-bond donors (Lipinski definition) is 1. The van der Waals surface area contributed by atoms with Crippen LogP contribution in [0.25, 0.3) is 0 Å². The zero-order valence-electron chi connectivity index (χ0n) is 33.2. The number of pyridine rings is 1. The predicted octanol–water partition coefficient (Wildman–Crippen LogP) is 1.03. The van der Waals surface area contributed by atoms with Crippen LogP contribution in [0.3, 0.4) is 0 Å². The molecule has 1 aromatic heterocycles. The van der Waals surface area contributed by atoms with Crippen LogP contribution in [-0.4, -0.2) is 124 Å². The molecule has 2 aliphatic heterocycles. The van der Waals surface area contributed by atoms with Crippen LogP contribution in [0.4, 0.5) is 0 Å². The van der Waals surface area contributed by atoms with Crippen LogP contribution in [0.5, 0.6) is 0 Å². The van der Waals surface area contributed by atoms with Crippen molar-refractivity contribution in [2.45, 2.75) is 129 Å². The fourth-order valence-corrected chi connectivity index (χ4v) is 9.30. The Morgan fingerprint density at radius 2 is 1.30 bits per heavy atom. The van der Waals surface area contributed by atoms with Crippen molar-refractivity contribution >= 4 is 47.8 Å². The second-order valence-corrected chi connectivity index (χ2v) is 15.4. The van der Waals surface area contributed by atoms with Crippen LogP contribution >= 0.6 is 0 Å². The van der Waals surface area contributed by atoms with E-state index in [1.807, 2.05) is 0 Å². The number of carbonyl (C=O) groups excluding carboxylic acids is 8. The van der Waals surface area contributed by atoms with E-state index in [0.29, 0.717) is 5.56 Å². The molecule has 4 bridgehead atoms. The minimum Gasteiger partial charge on any atom is -0.465 e. The standard InChI is InChI=1S/C38H47NO18/c1-16-17(2)33(46)56-30-28(52-20(5)42)32(55-23(8)45)37(15-49-18(3)40)31(54-22(7)44)27(51-19(4)41)26-29(53-21(6)43)38(37,36(30,10)48)57-35(26,9)14-50-34(47)25-13-39-12-11-24(16)25/h11-13,16-17,26-32,48H,14-15H2,1-10H3/t16?,17?,26-,27-,28+,29-,30+,31-,32+,35+,36+,37-,38+/m1/s1. The number of esters is 8. The smallest absolute Gasteiger partial charge is 0.340 e. The van der Waals surface area contributed by atoms with Gasteiger partial charge in [-0.1, -0.05) is 13.8 Å². The minimum atomic E-state index is -2.81. The molecule has 0 radical (unpaired) electrons. The molecule has 2 unspecified atom stereocenters. The Balaban J connectivity index is 2.01.